The summed E-state index contributed by atoms with van der Waals surface area (Å²) in [5.74, 6) is 0. The molecule has 0 aromatic carbocycles. The molecule has 1 aliphatic heterocycles. The molecule has 1 aliphatic rings. The maximum atomic E-state index is 12.8. The molecule has 5 nitrogen and oxygen atoms in total. The second kappa shape index (κ2) is 5.80. The number of nitrogens with zero attached hydrogens (tertiary/aromatic N) is 1. The number of aliphatic hydroxyl groups is 1. The van der Waals surface area contributed by atoms with Gasteiger partial charge in [-0.2, -0.15) is 0 Å². The first-order valence-electron chi connectivity index (χ1n) is 7.89. The van der Waals surface area contributed by atoms with Crippen LogP contribution in [-0.2, 0) is 9.16 Å². The van der Waals surface area contributed by atoms with Crippen LogP contribution in [0.1, 0.15) is 61.8 Å². The first kappa shape index (κ1) is 19.5. The molecule has 0 aromatic heterocycles. The standard InChI is InChI=1S/C16H33NO4Si/c1-13(2,3)11-9-15(7,8)16(19,10-20-22)17(11)12(18)21-14(4,5)6/h11,19H,9-10H2,1-8,22H3/t11-,16-/m0/s1. The van der Waals surface area contributed by atoms with E-state index in [4.69, 9.17) is 9.16 Å². The fourth-order valence-electron chi connectivity index (χ4n) is 3.07. The monoisotopic (exact) mass is 331 g/mol. The van der Waals surface area contributed by atoms with Crippen molar-refractivity contribution in [2.45, 2.75) is 79.2 Å². The van der Waals surface area contributed by atoms with Gasteiger partial charge in [-0.1, -0.05) is 34.6 Å². The van der Waals surface area contributed by atoms with E-state index in [2.05, 4.69) is 20.8 Å². The Labute approximate surface area is 137 Å². The molecule has 1 saturated heterocycles. The minimum absolute atomic E-state index is 0.112. The maximum Gasteiger partial charge on any atom is 0.412 e. The van der Waals surface area contributed by atoms with Gasteiger partial charge in [-0.25, -0.2) is 4.79 Å². The Hall–Kier alpha value is -0.593. The van der Waals surface area contributed by atoms with Gasteiger partial charge < -0.3 is 14.3 Å². The fourth-order valence-corrected chi connectivity index (χ4v) is 3.47. The second-order valence-corrected chi connectivity index (χ2v) is 9.65. The van der Waals surface area contributed by atoms with Crippen LogP contribution in [0.2, 0.25) is 0 Å². The molecule has 0 aliphatic carbocycles. The lowest BCUT2D eigenvalue weighted by Gasteiger charge is -2.44. The van der Waals surface area contributed by atoms with Crippen molar-refractivity contribution >= 4 is 16.6 Å². The fraction of sp³-hybridized carbons (Fsp3) is 0.938. The molecular formula is C16H33NO4Si. The molecule has 0 spiro atoms. The summed E-state index contributed by atoms with van der Waals surface area (Å²) < 4.78 is 10.9. The Balaban J connectivity index is 3.31. The summed E-state index contributed by atoms with van der Waals surface area (Å²) in [5.41, 5.74) is -2.58. The molecule has 6 heteroatoms. The van der Waals surface area contributed by atoms with Crippen LogP contribution in [0.3, 0.4) is 0 Å². The van der Waals surface area contributed by atoms with E-state index in [1.807, 2.05) is 34.6 Å². The highest BCUT2D eigenvalue weighted by Gasteiger charge is 2.62. The zero-order chi connectivity index (χ0) is 17.6. The highest BCUT2D eigenvalue weighted by molar-refractivity contribution is 5.98. The third-order valence-electron chi connectivity index (χ3n) is 4.43. The molecule has 1 amide bonds. The van der Waals surface area contributed by atoms with E-state index in [-0.39, 0.29) is 18.1 Å². The molecule has 130 valence electrons. The van der Waals surface area contributed by atoms with Crippen LogP contribution in [-0.4, -0.2) is 50.6 Å². The molecule has 1 rings (SSSR count). The van der Waals surface area contributed by atoms with Crippen molar-refractivity contribution in [2.24, 2.45) is 10.8 Å². The Bertz CT molecular complexity index is 425. The number of carbonyl (C=O) groups excluding carboxylic acids is 1. The van der Waals surface area contributed by atoms with Gasteiger partial charge in [0.05, 0.1) is 6.61 Å². The summed E-state index contributed by atoms with van der Waals surface area (Å²) >= 11 is 0. The van der Waals surface area contributed by atoms with Gasteiger partial charge in [-0.15, -0.1) is 0 Å². The molecule has 0 bridgehead atoms. The number of likely N-dealkylation sites (tertiary alicyclic amines) is 1. The minimum atomic E-state index is -1.35. The molecule has 0 saturated carbocycles. The Morgan fingerprint density at radius 3 is 2.14 bits per heavy atom. The van der Waals surface area contributed by atoms with E-state index in [1.54, 1.807) is 0 Å². The maximum absolute atomic E-state index is 12.8. The molecule has 0 aromatic rings. The molecule has 22 heavy (non-hydrogen) atoms. The molecule has 1 heterocycles. The Morgan fingerprint density at radius 1 is 1.27 bits per heavy atom. The van der Waals surface area contributed by atoms with Gasteiger partial charge in [-0.05, 0) is 32.6 Å². The van der Waals surface area contributed by atoms with E-state index in [0.29, 0.717) is 16.9 Å². The van der Waals surface area contributed by atoms with Gasteiger partial charge in [0.2, 0.25) is 0 Å². The smallest absolute Gasteiger partial charge is 0.412 e. The van der Waals surface area contributed by atoms with Crippen molar-refractivity contribution in [3.05, 3.63) is 0 Å². The predicted molar refractivity (Wildman–Crippen MR) is 90.6 cm³/mol. The molecule has 1 fully saturated rings. The van der Waals surface area contributed by atoms with Crippen molar-refractivity contribution in [3.63, 3.8) is 0 Å². The first-order chi connectivity index (χ1) is 9.66. The molecule has 1 N–H and O–H groups in total. The van der Waals surface area contributed by atoms with Gasteiger partial charge in [0.15, 0.2) is 5.72 Å². The Kier molecular flexibility index (Phi) is 5.13. The second-order valence-electron chi connectivity index (χ2n) is 9.07. The summed E-state index contributed by atoms with van der Waals surface area (Å²) in [4.78, 5) is 14.3. The lowest BCUT2D eigenvalue weighted by molar-refractivity contribution is -0.166. The topological polar surface area (TPSA) is 59.0 Å². The number of hydrogen-bond donors (Lipinski definition) is 1. The van der Waals surface area contributed by atoms with Crippen LogP contribution in [0, 0.1) is 10.8 Å². The van der Waals surface area contributed by atoms with Gasteiger partial charge in [-0.3, -0.25) is 4.90 Å². The highest BCUT2D eigenvalue weighted by Crippen LogP contribution is 2.51. The van der Waals surface area contributed by atoms with Gasteiger partial charge in [0.1, 0.15) is 16.1 Å². The van der Waals surface area contributed by atoms with Crippen molar-refractivity contribution in [2.75, 3.05) is 6.61 Å². The molecular weight excluding hydrogens is 298 g/mol. The van der Waals surface area contributed by atoms with E-state index < -0.39 is 22.8 Å². The summed E-state index contributed by atoms with van der Waals surface area (Å²) in [7, 11) is 0.509. The van der Waals surface area contributed by atoms with Crippen LogP contribution in [0.5, 0.6) is 0 Å². The van der Waals surface area contributed by atoms with Crippen molar-refractivity contribution in [1.82, 2.24) is 4.90 Å². The number of hydrogen-bond acceptors (Lipinski definition) is 4. The SMILES string of the molecule is CC(C)(C)OC(=O)N1[C@H](C(C)(C)C)CC(C)(C)[C@@]1(O)CO[SiH3]. The van der Waals surface area contributed by atoms with Crippen molar-refractivity contribution in [1.29, 1.82) is 0 Å². The van der Waals surface area contributed by atoms with Crippen LogP contribution in [0.4, 0.5) is 4.79 Å². The average molecular weight is 332 g/mol. The van der Waals surface area contributed by atoms with E-state index in [0.717, 1.165) is 0 Å². The number of ether oxygens (including phenoxy) is 1. The van der Waals surface area contributed by atoms with E-state index >= 15 is 0 Å². The van der Waals surface area contributed by atoms with Gasteiger partial charge >= 0.3 is 6.09 Å². The largest absolute Gasteiger partial charge is 0.444 e. The lowest BCUT2D eigenvalue weighted by Crippen LogP contribution is -2.60. The zero-order valence-electron chi connectivity index (χ0n) is 15.6. The summed E-state index contributed by atoms with van der Waals surface area (Å²) in [6.45, 7) is 15.8. The van der Waals surface area contributed by atoms with E-state index in [9.17, 15) is 9.90 Å². The van der Waals surface area contributed by atoms with Crippen LogP contribution in [0.15, 0.2) is 0 Å². The third kappa shape index (κ3) is 3.66. The van der Waals surface area contributed by atoms with E-state index in [1.165, 1.54) is 4.90 Å². The van der Waals surface area contributed by atoms with Crippen molar-refractivity contribution in [3.8, 4) is 0 Å². The summed E-state index contributed by atoms with van der Waals surface area (Å²) in [6, 6.07) is -0.112. The summed E-state index contributed by atoms with van der Waals surface area (Å²) in [5, 5.41) is 11.3. The number of amides is 1. The average Bonchev–Trinajstić information content (AvgIpc) is 2.44. The highest BCUT2D eigenvalue weighted by atomic mass is 28.2. The van der Waals surface area contributed by atoms with Crippen LogP contribution < -0.4 is 0 Å². The first-order valence-corrected chi connectivity index (χ1v) is 8.71. The third-order valence-corrected chi connectivity index (χ3v) is 4.72. The normalized spacial score (nSPS) is 29.0. The van der Waals surface area contributed by atoms with Crippen molar-refractivity contribution < 1.29 is 19.1 Å². The van der Waals surface area contributed by atoms with Crippen LogP contribution in [0.25, 0.3) is 0 Å². The number of rotatable bonds is 2. The lowest BCUT2D eigenvalue weighted by atomic mass is 9.77. The van der Waals surface area contributed by atoms with Gasteiger partial charge in [0, 0.05) is 11.5 Å². The molecule has 0 unspecified atom stereocenters. The minimum Gasteiger partial charge on any atom is -0.444 e. The molecule has 0 radical (unpaired) electrons. The predicted octanol–water partition coefficient (Wildman–Crippen LogP) is 2.05. The molecule has 2 atom stereocenters. The van der Waals surface area contributed by atoms with Crippen LogP contribution >= 0.6 is 0 Å². The summed E-state index contributed by atoms with van der Waals surface area (Å²) in [6.07, 6.45) is 0.233. The van der Waals surface area contributed by atoms with Gasteiger partial charge in [0.25, 0.3) is 0 Å². The Morgan fingerprint density at radius 2 is 1.77 bits per heavy atom. The quantitative estimate of drug-likeness (QED) is 0.787. The number of carbonyl (C=O) groups is 1. The zero-order valence-corrected chi connectivity index (χ0v) is 17.6.